The third kappa shape index (κ3) is 2.15. The van der Waals surface area contributed by atoms with Gasteiger partial charge < -0.3 is 5.32 Å². The van der Waals surface area contributed by atoms with E-state index in [0.717, 1.165) is 17.3 Å². The topological polar surface area (TPSA) is 12.0 Å². The molecular formula is C16H14F3N. The minimum absolute atomic E-state index is 0.141. The zero-order chi connectivity index (χ0) is 14.3. The lowest BCUT2D eigenvalue weighted by Gasteiger charge is -2.31. The van der Waals surface area contributed by atoms with Gasteiger partial charge in [0.05, 0.1) is 0 Å². The Bertz CT molecular complexity index is 654. The summed E-state index contributed by atoms with van der Waals surface area (Å²) in [6.45, 7) is 1.99. The Balaban J connectivity index is 2.13. The first kappa shape index (κ1) is 13.0. The van der Waals surface area contributed by atoms with Gasteiger partial charge in [0.25, 0.3) is 0 Å². The molecule has 2 aromatic rings. The number of fused-ring (bicyclic) bond motifs is 1. The maximum atomic E-state index is 14.0. The summed E-state index contributed by atoms with van der Waals surface area (Å²) in [5.74, 6) is -3.12. The molecule has 1 aliphatic rings. The molecule has 1 heterocycles. The molecule has 1 aliphatic heterocycles. The Morgan fingerprint density at radius 3 is 2.45 bits per heavy atom. The lowest BCUT2D eigenvalue weighted by molar-refractivity contribution is 0.482. The van der Waals surface area contributed by atoms with Crippen molar-refractivity contribution in [1.82, 2.24) is 0 Å². The molecule has 2 aromatic carbocycles. The van der Waals surface area contributed by atoms with Crippen LogP contribution in [0.2, 0.25) is 0 Å². The van der Waals surface area contributed by atoms with Crippen molar-refractivity contribution < 1.29 is 13.2 Å². The molecule has 1 nitrogen and oxygen atoms in total. The SMILES string of the molecule is CC1CC(c2cc(F)c(F)cc2F)c2ccccc2N1. The molecule has 0 bridgehead atoms. The fourth-order valence-corrected chi connectivity index (χ4v) is 2.84. The van der Waals surface area contributed by atoms with Crippen LogP contribution in [0.15, 0.2) is 36.4 Å². The number of halogens is 3. The van der Waals surface area contributed by atoms with Gasteiger partial charge in [-0.3, -0.25) is 0 Å². The number of hydrogen-bond acceptors (Lipinski definition) is 1. The van der Waals surface area contributed by atoms with Crippen LogP contribution in [-0.2, 0) is 0 Å². The molecule has 0 saturated heterocycles. The Morgan fingerprint density at radius 2 is 1.65 bits per heavy atom. The van der Waals surface area contributed by atoms with E-state index in [1.54, 1.807) is 0 Å². The summed E-state index contributed by atoms with van der Waals surface area (Å²) in [5, 5.41) is 3.31. The number of para-hydroxylation sites is 1. The molecule has 4 heteroatoms. The van der Waals surface area contributed by atoms with Gasteiger partial charge in [-0.15, -0.1) is 0 Å². The maximum Gasteiger partial charge on any atom is 0.161 e. The van der Waals surface area contributed by atoms with Crippen molar-refractivity contribution in [2.75, 3.05) is 5.32 Å². The summed E-state index contributed by atoms with van der Waals surface area (Å²) in [7, 11) is 0. The highest BCUT2D eigenvalue weighted by Gasteiger charge is 2.28. The second-order valence-electron chi connectivity index (χ2n) is 5.21. The van der Waals surface area contributed by atoms with Gasteiger partial charge in [0.1, 0.15) is 5.82 Å². The van der Waals surface area contributed by atoms with Gasteiger partial charge in [0.2, 0.25) is 0 Å². The molecule has 0 radical (unpaired) electrons. The van der Waals surface area contributed by atoms with E-state index in [1.807, 2.05) is 31.2 Å². The van der Waals surface area contributed by atoms with E-state index in [0.29, 0.717) is 12.5 Å². The smallest absolute Gasteiger partial charge is 0.161 e. The third-order valence-electron chi connectivity index (χ3n) is 3.74. The van der Waals surface area contributed by atoms with Crippen molar-refractivity contribution >= 4 is 5.69 Å². The normalized spacial score (nSPS) is 21.2. The van der Waals surface area contributed by atoms with Crippen LogP contribution in [0.3, 0.4) is 0 Å². The van der Waals surface area contributed by atoms with Gasteiger partial charge in [-0.2, -0.15) is 0 Å². The summed E-state index contributed by atoms with van der Waals surface area (Å²) < 4.78 is 40.5. The van der Waals surface area contributed by atoms with Crippen LogP contribution in [0.25, 0.3) is 0 Å². The van der Waals surface area contributed by atoms with Crippen LogP contribution < -0.4 is 5.32 Å². The molecule has 0 fully saturated rings. The predicted octanol–water partition coefficient (Wildman–Crippen LogP) is 4.44. The number of hydrogen-bond donors (Lipinski definition) is 1. The molecule has 1 N–H and O–H groups in total. The highest BCUT2D eigenvalue weighted by atomic mass is 19.2. The lowest BCUT2D eigenvalue weighted by Crippen LogP contribution is -2.26. The Morgan fingerprint density at radius 1 is 0.950 bits per heavy atom. The first-order chi connectivity index (χ1) is 9.56. The number of rotatable bonds is 1. The van der Waals surface area contributed by atoms with Crippen LogP contribution in [0.5, 0.6) is 0 Å². The number of anilines is 1. The molecule has 0 saturated carbocycles. The standard InChI is InChI=1S/C16H14F3N/c1-9-6-11(10-4-2-3-5-16(10)20-9)12-7-14(18)15(19)8-13(12)17/h2-5,7-9,11,20H,6H2,1H3. The Hall–Kier alpha value is -1.97. The zero-order valence-electron chi connectivity index (χ0n) is 11.0. The molecule has 2 unspecified atom stereocenters. The molecule has 20 heavy (non-hydrogen) atoms. The third-order valence-corrected chi connectivity index (χ3v) is 3.74. The monoisotopic (exact) mass is 277 g/mol. The van der Waals surface area contributed by atoms with Crippen molar-refractivity contribution in [3.05, 3.63) is 65.0 Å². The molecule has 3 rings (SSSR count). The quantitative estimate of drug-likeness (QED) is 0.760. The summed E-state index contributed by atoms with van der Waals surface area (Å²) in [5.41, 5.74) is 2.04. The van der Waals surface area contributed by atoms with Gasteiger partial charge >= 0.3 is 0 Å². The molecule has 104 valence electrons. The molecule has 0 aromatic heterocycles. The van der Waals surface area contributed by atoms with Crippen LogP contribution in [0.4, 0.5) is 18.9 Å². The molecule has 0 amide bonds. The first-order valence-corrected chi connectivity index (χ1v) is 6.56. The van der Waals surface area contributed by atoms with E-state index in [2.05, 4.69) is 5.32 Å². The van der Waals surface area contributed by atoms with Crippen molar-refractivity contribution in [1.29, 1.82) is 0 Å². The highest BCUT2D eigenvalue weighted by Crippen LogP contribution is 2.39. The number of nitrogens with one attached hydrogen (secondary N) is 1. The van der Waals surface area contributed by atoms with Gasteiger partial charge in [0, 0.05) is 23.7 Å². The van der Waals surface area contributed by atoms with Crippen LogP contribution in [-0.4, -0.2) is 6.04 Å². The van der Waals surface area contributed by atoms with E-state index in [-0.39, 0.29) is 17.5 Å². The minimum Gasteiger partial charge on any atom is -0.382 e. The van der Waals surface area contributed by atoms with Crippen molar-refractivity contribution in [3.8, 4) is 0 Å². The minimum atomic E-state index is -1.15. The maximum absolute atomic E-state index is 14.0. The van der Waals surface area contributed by atoms with E-state index in [4.69, 9.17) is 0 Å². The van der Waals surface area contributed by atoms with E-state index < -0.39 is 17.5 Å². The zero-order valence-corrected chi connectivity index (χ0v) is 11.0. The fourth-order valence-electron chi connectivity index (χ4n) is 2.84. The summed E-state index contributed by atoms with van der Waals surface area (Å²) in [6.07, 6.45) is 0.638. The highest BCUT2D eigenvalue weighted by molar-refractivity contribution is 5.58. The van der Waals surface area contributed by atoms with E-state index in [9.17, 15) is 13.2 Å². The van der Waals surface area contributed by atoms with E-state index >= 15 is 0 Å². The van der Waals surface area contributed by atoms with Gasteiger partial charge in [-0.1, -0.05) is 18.2 Å². The summed E-state index contributed by atoms with van der Waals surface area (Å²) in [6, 6.07) is 9.30. The average molecular weight is 277 g/mol. The predicted molar refractivity (Wildman–Crippen MR) is 72.3 cm³/mol. The molecule has 2 atom stereocenters. The van der Waals surface area contributed by atoms with Crippen molar-refractivity contribution in [3.63, 3.8) is 0 Å². The van der Waals surface area contributed by atoms with Crippen molar-refractivity contribution in [2.45, 2.75) is 25.3 Å². The van der Waals surface area contributed by atoms with Crippen LogP contribution >= 0.6 is 0 Å². The Labute approximate surface area is 115 Å². The van der Waals surface area contributed by atoms with Crippen LogP contribution in [0.1, 0.15) is 30.4 Å². The van der Waals surface area contributed by atoms with Gasteiger partial charge in [-0.25, -0.2) is 13.2 Å². The molecular weight excluding hydrogens is 263 g/mol. The second-order valence-corrected chi connectivity index (χ2v) is 5.21. The molecule has 0 spiro atoms. The summed E-state index contributed by atoms with van der Waals surface area (Å²) in [4.78, 5) is 0. The summed E-state index contributed by atoms with van der Waals surface area (Å²) >= 11 is 0. The largest absolute Gasteiger partial charge is 0.382 e. The van der Waals surface area contributed by atoms with Gasteiger partial charge in [-0.05, 0) is 36.6 Å². The lowest BCUT2D eigenvalue weighted by atomic mass is 9.82. The van der Waals surface area contributed by atoms with Crippen molar-refractivity contribution in [2.24, 2.45) is 0 Å². The van der Waals surface area contributed by atoms with Gasteiger partial charge in [0.15, 0.2) is 11.6 Å². The fraction of sp³-hybridized carbons (Fsp3) is 0.250. The first-order valence-electron chi connectivity index (χ1n) is 6.56. The molecule has 0 aliphatic carbocycles. The average Bonchev–Trinajstić information content (AvgIpc) is 2.42. The van der Waals surface area contributed by atoms with Crippen LogP contribution in [0, 0.1) is 17.5 Å². The number of benzene rings is 2. The second kappa shape index (κ2) is 4.85. The van der Waals surface area contributed by atoms with E-state index in [1.165, 1.54) is 0 Å². The Kier molecular flexibility index (Phi) is 3.16.